The van der Waals surface area contributed by atoms with Gasteiger partial charge in [0.05, 0.1) is 0 Å². The van der Waals surface area contributed by atoms with E-state index in [1.165, 1.54) is 13.8 Å². The Morgan fingerprint density at radius 3 is 1.88 bits per heavy atom. The Labute approximate surface area is 101 Å². The fourth-order valence-electron chi connectivity index (χ4n) is 1.44. The van der Waals surface area contributed by atoms with Crippen LogP contribution in [0.25, 0.3) is 0 Å². The minimum atomic E-state index is -1.73. The first-order chi connectivity index (χ1) is 7.82. The van der Waals surface area contributed by atoms with Crippen molar-refractivity contribution in [2.24, 2.45) is 5.41 Å². The SMILES string of the molecule is CCC(C)OOC(=O)C(CC)(C(C)=O)C(C)=O. The summed E-state index contributed by atoms with van der Waals surface area (Å²) in [5, 5.41) is 0. The second kappa shape index (κ2) is 6.49. The quantitative estimate of drug-likeness (QED) is 0.388. The fourth-order valence-corrected chi connectivity index (χ4v) is 1.44. The standard InChI is InChI=1S/C12H20O5/c1-6-8(3)16-17-11(15)12(7-2,9(4)13)10(5)14/h8H,6-7H2,1-5H3. The van der Waals surface area contributed by atoms with Gasteiger partial charge in [0.25, 0.3) is 0 Å². The molecule has 0 aromatic carbocycles. The number of hydrogen-bond donors (Lipinski definition) is 0. The molecule has 0 aliphatic heterocycles. The predicted molar refractivity (Wildman–Crippen MR) is 61.0 cm³/mol. The summed E-state index contributed by atoms with van der Waals surface area (Å²) in [4.78, 5) is 44.2. The third kappa shape index (κ3) is 3.36. The van der Waals surface area contributed by atoms with Crippen LogP contribution in [0.2, 0.25) is 0 Å². The van der Waals surface area contributed by atoms with Crippen molar-refractivity contribution in [3.8, 4) is 0 Å². The number of carbonyl (C=O) groups excluding carboxylic acids is 3. The van der Waals surface area contributed by atoms with E-state index >= 15 is 0 Å². The van der Waals surface area contributed by atoms with Crippen LogP contribution in [0.1, 0.15) is 47.5 Å². The molecule has 0 fully saturated rings. The molecule has 0 spiro atoms. The van der Waals surface area contributed by atoms with E-state index in [2.05, 4.69) is 4.89 Å². The number of ketones is 2. The molecule has 0 aromatic rings. The van der Waals surface area contributed by atoms with Crippen LogP contribution in [0.4, 0.5) is 0 Å². The third-order valence-electron chi connectivity index (χ3n) is 2.94. The van der Waals surface area contributed by atoms with E-state index in [0.29, 0.717) is 6.42 Å². The van der Waals surface area contributed by atoms with E-state index in [-0.39, 0.29) is 12.5 Å². The molecule has 0 aliphatic carbocycles. The monoisotopic (exact) mass is 244 g/mol. The summed E-state index contributed by atoms with van der Waals surface area (Å²) in [5.74, 6) is -1.98. The fraction of sp³-hybridized carbons (Fsp3) is 0.750. The minimum absolute atomic E-state index is 0.0698. The highest BCUT2D eigenvalue weighted by Crippen LogP contribution is 2.27. The Morgan fingerprint density at radius 2 is 1.59 bits per heavy atom. The van der Waals surface area contributed by atoms with Crippen LogP contribution in [0.3, 0.4) is 0 Å². The van der Waals surface area contributed by atoms with E-state index in [0.717, 1.165) is 0 Å². The molecule has 1 unspecified atom stereocenters. The number of carbonyl (C=O) groups is 3. The van der Waals surface area contributed by atoms with Gasteiger partial charge >= 0.3 is 5.97 Å². The Kier molecular flexibility index (Phi) is 6.02. The highest BCUT2D eigenvalue weighted by Gasteiger charge is 2.48. The van der Waals surface area contributed by atoms with Gasteiger partial charge in [-0.2, -0.15) is 4.89 Å². The highest BCUT2D eigenvalue weighted by molar-refractivity contribution is 6.20. The predicted octanol–water partition coefficient (Wildman–Crippen LogP) is 1.83. The zero-order valence-corrected chi connectivity index (χ0v) is 11.0. The lowest BCUT2D eigenvalue weighted by atomic mass is 9.78. The van der Waals surface area contributed by atoms with Crippen LogP contribution in [-0.4, -0.2) is 23.6 Å². The molecule has 0 amide bonds. The average Bonchev–Trinajstić information content (AvgIpc) is 2.26. The lowest BCUT2D eigenvalue weighted by molar-refractivity contribution is -0.300. The molecular formula is C12H20O5. The zero-order chi connectivity index (χ0) is 13.6. The molecule has 0 heterocycles. The third-order valence-corrected chi connectivity index (χ3v) is 2.94. The Bertz CT molecular complexity index is 294. The van der Waals surface area contributed by atoms with Crippen LogP contribution in [0.15, 0.2) is 0 Å². The van der Waals surface area contributed by atoms with Gasteiger partial charge < -0.3 is 0 Å². The molecular weight excluding hydrogens is 224 g/mol. The normalized spacial score (nSPS) is 13.0. The van der Waals surface area contributed by atoms with Crippen molar-refractivity contribution >= 4 is 17.5 Å². The van der Waals surface area contributed by atoms with Crippen molar-refractivity contribution in [3.05, 3.63) is 0 Å². The number of rotatable bonds is 7. The van der Waals surface area contributed by atoms with Crippen molar-refractivity contribution in [2.45, 2.75) is 53.6 Å². The van der Waals surface area contributed by atoms with Gasteiger partial charge in [0.1, 0.15) is 6.10 Å². The maximum absolute atomic E-state index is 11.8. The van der Waals surface area contributed by atoms with E-state index in [1.807, 2.05) is 6.92 Å². The largest absolute Gasteiger partial charge is 0.363 e. The molecule has 0 saturated heterocycles. The average molecular weight is 244 g/mol. The molecule has 0 saturated carbocycles. The van der Waals surface area contributed by atoms with Gasteiger partial charge in [-0.05, 0) is 33.6 Å². The molecule has 0 aliphatic rings. The van der Waals surface area contributed by atoms with Gasteiger partial charge in [0.2, 0.25) is 0 Å². The Morgan fingerprint density at radius 1 is 1.12 bits per heavy atom. The molecule has 5 heteroatoms. The van der Waals surface area contributed by atoms with Gasteiger partial charge in [-0.1, -0.05) is 13.8 Å². The molecule has 0 bridgehead atoms. The lowest BCUT2D eigenvalue weighted by Gasteiger charge is -2.24. The lowest BCUT2D eigenvalue weighted by Crippen LogP contribution is -2.45. The van der Waals surface area contributed by atoms with Gasteiger partial charge in [-0.15, -0.1) is 0 Å². The zero-order valence-electron chi connectivity index (χ0n) is 11.0. The molecule has 1 atom stereocenters. The minimum Gasteiger partial charge on any atom is -0.298 e. The van der Waals surface area contributed by atoms with E-state index < -0.39 is 23.0 Å². The summed E-state index contributed by atoms with van der Waals surface area (Å²) in [6, 6.07) is 0. The maximum atomic E-state index is 11.8. The van der Waals surface area contributed by atoms with E-state index in [1.54, 1.807) is 13.8 Å². The topological polar surface area (TPSA) is 69.7 Å². The van der Waals surface area contributed by atoms with Crippen molar-refractivity contribution in [3.63, 3.8) is 0 Å². The van der Waals surface area contributed by atoms with Crippen molar-refractivity contribution in [1.29, 1.82) is 0 Å². The molecule has 0 aromatic heterocycles. The molecule has 0 radical (unpaired) electrons. The maximum Gasteiger partial charge on any atom is 0.363 e. The molecule has 0 rings (SSSR count). The van der Waals surface area contributed by atoms with Crippen molar-refractivity contribution in [2.75, 3.05) is 0 Å². The first-order valence-corrected chi connectivity index (χ1v) is 5.72. The highest BCUT2D eigenvalue weighted by atomic mass is 17.2. The van der Waals surface area contributed by atoms with Gasteiger partial charge in [-0.25, -0.2) is 4.79 Å². The van der Waals surface area contributed by atoms with Gasteiger partial charge in [0.15, 0.2) is 17.0 Å². The summed E-state index contributed by atoms with van der Waals surface area (Å²) >= 11 is 0. The van der Waals surface area contributed by atoms with Crippen molar-refractivity contribution < 1.29 is 24.2 Å². The van der Waals surface area contributed by atoms with Gasteiger partial charge in [0, 0.05) is 0 Å². The molecule has 5 nitrogen and oxygen atoms in total. The summed E-state index contributed by atoms with van der Waals surface area (Å²) in [6.07, 6.45) is 0.458. The van der Waals surface area contributed by atoms with E-state index in [9.17, 15) is 14.4 Å². The first kappa shape index (κ1) is 15.8. The van der Waals surface area contributed by atoms with Crippen LogP contribution in [0, 0.1) is 5.41 Å². The van der Waals surface area contributed by atoms with Gasteiger partial charge in [-0.3, -0.25) is 14.5 Å². The summed E-state index contributed by atoms with van der Waals surface area (Å²) in [6.45, 7) is 7.59. The molecule has 98 valence electrons. The Hall–Kier alpha value is -1.23. The van der Waals surface area contributed by atoms with Crippen LogP contribution < -0.4 is 0 Å². The summed E-state index contributed by atoms with van der Waals surface area (Å²) in [5.41, 5.74) is -1.73. The summed E-state index contributed by atoms with van der Waals surface area (Å²) in [7, 11) is 0. The van der Waals surface area contributed by atoms with Crippen LogP contribution >= 0.6 is 0 Å². The summed E-state index contributed by atoms with van der Waals surface area (Å²) < 4.78 is 0. The molecule has 0 N–H and O–H groups in total. The van der Waals surface area contributed by atoms with E-state index in [4.69, 9.17) is 4.89 Å². The van der Waals surface area contributed by atoms with Crippen LogP contribution in [0.5, 0.6) is 0 Å². The van der Waals surface area contributed by atoms with Crippen molar-refractivity contribution in [1.82, 2.24) is 0 Å². The smallest absolute Gasteiger partial charge is 0.298 e. The second-order valence-corrected chi connectivity index (χ2v) is 4.06. The Balaban J connectivity index is 4.89. The number of hydrogen-bond acceptors (Lipinski definition) is 5. The van der Waals surface area contributed by atoms with Crippen LogP contribution in [-0.2, 0) is 24.2 Å². The molecule has 17 heavy (non-hydrogen) atoms. The first-order valence-electron chi connectivity index (χ1n) is 5.72. The second-order valence-electron chi connectivity index (χ2n) is 4.06. The number of Topliss-reactive ketones (excluding diaryl/α,β-unsaturated/α-hetero) is 2.